The number of aromatic nitrogens is 2. The van der Waals surface area contributed by atoms with Crippen molar-refractivity contribution >= 4 is 16.7 Å². The first-order valence-electron chi connectivity index (χ1n) is 8.68. The Morgan fingerprint density at radius 1 is 1.00 bits per heavy atom. The third kappa shape index (κ3) is 3.03. The van der Waals surface area contributed by atoms with E-state index in [0.29, 0.717) is 0 Å². The van der Waals surface area contributed by atoms with Crippen molar-refractivity contribution in [1.82, 2.24) is 19.8 Å². The fourth-order valence-electron chi connectivity index (χ4n) is 3.98. The predicted molar refractivity (Wildman–Crippen MR) is 93.8 cm³/mol. The van der Waals surface area contributed by atoms with E-state index in [4.69, 9.17) is 0 Å². The number of hydrogen-bond acceptors (Lipinski definition) is 5. The van der Waals surface area contributed by atoms with E-state index < -0.39 is 0 Å². The maximum absolute atomic E-state index is 4.57. The average molecular weight is 311 g/mol. The van der Waals surface area contributed by atoms with Gasteiger partial charge in [0.15, 0.2) is 0 Å². The molecule has 0 aliphatic carbocycles. The second-order valence-electron chi connectivity index (χ2n) is 6.80. The van der Waals surface area contributed by atoms with Crippen molar-refractivity contribution in [2.75, 3.05) is 51.2 Å². The Kier molecular flexibility index (Phi) is 4.14. The molecule has 0 saturated carbocycles. The molecule has 5 heteroatoms. The maximum atomic E-state index is 4.57. The van der Waals surface area contributed by atoms with Gasteiger partial charge in [-0.1, -0.05) is 12.1 Å². The number of hydrogen-bond donors (Lipinski definition) is 0. The molecule has 0 amide bonds. The maximum Gasteiger partial charge on any atom is 0.139 e. The van der Waals surface area contributed by atoms with Crippen molar-refractivity contribution in [3.05, 3.63) is 30.6 Å². The van der Waals surface area contributed by atoms with Crippen molar-refractivity contribution < 1.29 is 0 Å². The van der Waals surface area contributed by atoms with Crippen LogP contribution in [0.1, 0.15) is 12.8 Å². The summed E-state index contributed by atoms with van der Waals surface area (Å²) >= 11 is 0. The highest BCUT2D eigenvalue weighted by atomic mass is 15.3. The van der Waals surface area contributed by atoms with Crippen LogP contribution in [0.15, 0.2) is 30.6 Å². The molecule has 3 heterocycles. The summed E-state index contributed by atoms with van der Waals surface area (Å²) in [6, 6.07) is 9.04. The van der Waals surface area contributed by atoms with Crippen molar-refractivity contribution in [3.8, 4) is 0 Å². The van der Waals surface area contributed by atoms with E-state index >= 15 is 0 Å². The number of likely N-dealkylation sites (tertiary alicyclic amines) is 1. The highest BCUT2D eigenvalue weighted by molar-refractivity contribution is 5.89. The summed E-state index contributed by atoms with van der Waals surface area (Å²) in [7, 11) is 2.25. The number of fused-ring (bicyclic) bond motifs is 1. The lowest BCUT2D eigenvalue weighted by Gasteiger charge is -2.43. The number of benzene rings is 1. The minimum absolute atomic E-state index is 0.734. The summed E-state index contributed by atoms with van der Waals surface area (Å²) < 4.78 is 0. The topological polar surface area (TPSA) is 35.5 Å². The second kappa shape index (κ2) is 6.42. The Morgan fingerprint density at radius 3 is 2.65 bits per heavy atom. The summed E-state index contributed by atoms with van der Waals surface area (Å²) in [6.07, 6.45) is 4.37. The number of para-hydroxylation sites is 1. The monoisotopic (exact) mass is 311 g/mol. The molecule has 0 bridgehead atoms. The largest absolute Gasteiger partial charge is 0.353 e. The molecule has 2 fully saturated rings. The smallest absolute Gasteiger partial charge is 0.139 e. The number of likely N-dealkylation sites (N-methyl/N-ethyl adjacent to an activating group) is 1. The minimum Gasteiger partial charge on any atom is -0.353 e. The van der Waals surface area contributed by atoms with E-state index in [1.54, 1.807) is 6.33 Å². The van der Waals surface area contributed by atoms with Crippen LogP contribution in [0.5, 0.6) is 0 Å². The van der Waals surface area contributed by atoms with Gasteiger partial charge in [-0.2, -0.15) is 0 Å². The fraction of sp³-hybridized carbons (Fsp3) is 0.556. The number of rotatable bonds is 2. The molecule has 1 aromatic carbocycles. The Labute approximate surface area is 137 Å². The molecular weight excluding hydrogens is 286 g/mol. The van der Waals surface area contributed by atoms with Crippen LogP contribution < -0.4 is 4.90 Å². The summed E-state index contributed by atoms with van der Waals surface area (Å²) in [5, 5.41) is 1.17. The number of anilines is 1. The lowest BCUT2D eigenvalue weighted by Crippen LogP contribution is -2.54. The molecule has 0 N–H and O–H groups in total. The number of piperazine rings is 1. The molecule has 4 rings (SSSR count). The Morgan fingerprint density at radius 2 is 1.83 bits per heavy atom. The van der Waals surface area contributed by atoms with E-state index in [1.807, 2.05) is 6.07 Å². The number of piperidine rings is 1. The summed E-state index contributed by atoms with van der Waals surface area (Å²) in [5.41, 5.74) is 1.04. The van der Waals surface area contributed by atoms with Gasteiger partial charge in [0.05, 0.1) is 5.52 Å². The molecule has 122 valence electrons. The zero-order valence-electron chi connectivity index (χ0n) is 13.9. The zero-order valence-corrected chi connectivity index (χ0v) is 13.9. The number of nitrogens with zero attached hydrogens (tertiary/aromatic N) is 5. The van der Waals surface area contributed by atoms with Gasteiger partial charge in [0.1, 0.15) is 12.1 Å². The first kappa shape index (κ1) is 14.8. The van der Waals surface area contributed by atoms with Gasteiger partial charge in [-0.05, 0) is 38.6 Å². The Bertz CT molecular complexity index is 660. The molecule has 5 nitrogen and oxygen atoms in total. The second-order valence-corrected chi connectivity index (χ2v) is 6.80. The standard InChI is InChI=1S/C18H25N5/c1-21-8-4-5-15(13-21)22-9-11-23(12-10-22)18-16-6-2-3-7-17(16)19-14-20-18/h2-3,6-7,14-15H,4-5,8-13H2,1H3. The van der Waals surface area contributed by atoms with Crippen molar-refractivity contribution in [1.29, 1.82) is 0 Å². The van der Waals surface area contributed by atoms with Crippen LogP contribution in [0.25, 0.3) is 10.9 Å². The molecule has 1 unspecified atom stereocenters. The van der Waals surface area contributed by atoms with Gasteiger partial charge in [-0.25, -0.2) is 9.97 Å². The van der Waals surface area contributed by atoms with E-state index in [0.717, 1.165) is 43.6 Å². The first-order valence-corrected chi connectivity index (χ1v) is 8.68. The van der Waals surface area contributed by atoms with Crippen LogP contribution >= 0.6 is 0 Å². The normalized spacial score (nSPS) is 24.2. The van der Waals surface area contributed by atoms with E-state index in [1.165, 1.54) is 31.3 Å². The molecule has 2 aliphatic heterocycles. The van der Waals surface area contributed by atoms with Crippen LogP contribution in [-0.4, -0.2) is 72.1 Å². The van der Waals surface area contributed by atoms with Crippen molar-refractivity contribution in [2.45, 2.75) is 18.9 Å². The third-order valence-electron chi connectivity index (χ3n) is 5.25. The van der Waals surface area contributed by atoms with Gasteiger partial charge in [-0.15, -0.1) is 0 Å². The first-order chi connectivity index (χ1) is 11.3. The molecular formula is C18H25N5. The van der Waals surface area contributed by atoms with Gasteiger partial charge in [0, 0.05) is 44.2 Å². The zero-order chi connectivity index (χ0) is 15.6. The van der Waals surface area contributed by atoms with Gasteiger partial charge in [0.25, 0.3) is 0 Å². The lowest BCUT2D eigenvalue weighted by molar-refractivity contribution is 0.106. The molecule has 23 heavy (non-hydrogen) atoms. The quantitative estimate of drug-likeness (QED) is 0.846. The van der Waals surface area contributed by atoms with Gasteiger partial charge in [-0.3, -0.25) is 4.90 Å². The fourth-order valence-corrected chi connectivity index (χ4v) is 3.98. The molecule has 2 aliphatic rings. The Balaban J connectivity index is 1.46. The predicted octanol–water partition coefficient (Wildman–Crippen LogP) is 1.85. The molecule has 0 spiro atoms. The van der Waals surface area contributed by atoms with Crippen LogP contribution in [0.2, 0.25) is 0 Å². The van der Waals surface area contributed by atoms with E-state index in [2.05, 4.69) is 49.9 Å². The summed E-state index contributed by atoms with van der Waals surface area (Å²) in [6.45, 7) is 6.86. The highest BCUT2D eigenvalue weighted by Gasteiger charge is 2.27. The Hall–Kier alpha value is -1.72. The average Bonchev–Trinajstić information content (AvgIpc) is 2.61. The minimum atomic E-state index is 0.734. The molecule has 1 aromatic heterocycles. The van der Waals surface area contributed by atoms with Crippen molar-refractivity contribution in [2.24, 2.45) is 0 Å². The van der Waals surface area contributed by atoms with Crippen LogP contribution in [0, 0.1) is 0 Å². The SMILES string of the molecule is CN1CCCC(N2CCN(c3ncnc4ccccc34)CC2)C1. The highest BCUT2D eigenvalue weighted by Crippen LogP contribution is 2.24. The molecule has 1 atom stereocenters. The van der Waals surface area contributed by atoms with E-state index in [-0.39, 0.29) is 0 Å². The van der Waals surface area contributed by atoms with Gasteiger partial charge < -0.3 is 9.80 Å². The van der Waals surface area contributed by atoms with Crippen molar-refractivity contribution in [3.63, 3.8) is 0 Å². The van der Waals surface area contributed by atoms with E-state index in [9.17, 15) is 0 Å². The molecule has 2 aromatic rings. The summed E-state index contributed by atoms with van der Waals surface area (Å²) in [4.78, 5) is 16.5. The van der Waals surface area contributed by atoms with Gasteiger partial charge in [0.2, 0.25) is 0 Å². The van der Waals surface area contributed by atoms with Crippen LogP contribution in [-0.2, 0) is 0 Å². The lowest BCUT2D eigenvalue weighted by atomic mass is 10.0. The van der Waals surface area contributed by atoms with Crippen LogP contribution in [0.4, 0.5) is 5.82 Å². The summed E-state index contributed by atoms with van der Waals surface area (Å²) in [5.74, 6) is 1.09. The van der Waals surface area contributed by atoms with Gasteiger partial charge >= 0.3 is 0 Å². The molecule has 0 radical (unpaired) electrons. The third-order valence-corrected chi connectivity index (χ3v) is 5.25. The molecule has 2 saturated heterocycles. The van der Waals surface area contributed by atoms with Crippen LogP contribution in [0.3, 0.4) is 0 Å².